The molecule has 1 heterocycles. The van der Waals surface area contributed by atoms with Gasteiger partial charge in [-0.25, -0.2) is 4.98 Å². The fourth-order valence-corrected chi connectivity index (χ4v) is 2.35. The summed E-state index contributed by atoms with van der Waals surface area (Å²) >= 11 is 0. The molecule has 0 aliphatic heterocycles. The number of aryl methyl sites for hydroxylation is 1. The van der Waals surface area contributed by atoms with E-state index in [1.54, 1.807) is 0 Å². The molecule has 0 saturated heterocycles. The lowest BCUT2D eigenvalue weighted by molar-refractivity contribution is -0.137. The van der Waals surface area contributed by atoms with Gasteiger partial charge in [0.05, 0.1) is 11.3 Å². The second-order valence-electron chi connectivity index (χ2n) is 5.55. The average Bonchev–Trinajstić information content (AvgIpc) is 2.54. The third-order valence-corrected chi connectivity index (χ3v) is 3.53. The van der Waals surface area contributed by atoms with Gasteiger partial charge in [0.2, 0.25) is 5.95 Å². The first-order valence-electron chi connectivity index (χ1n) is 7.44. The number of hydrogen-bond donors (Lipinski definition) is 2. The molecule has 25 heavy (non-hydrogen) atoms. The average molecular weight is 345 g/mol. The van der Waals surface area contributed by atoms with Crippen molar-refractivity contribution in [2.75, 3.05) is 5.32 Å². The van der Waals surface area contributed by atoms with E-state index in [-0.39, 0.29) is 11.5 Å². The van der Waals surface area contributed by atoms with Crippen molar-refractivity contribution in [3.05, 3.63) is 76.1 Å². The molecule has 3 rings (SSSR count). The van der Waals surface area contributed by atoms with Crippen LogP contribution < -0.4 is 10.9 Å². The highest BCUT2D eigenvalue weighted by Gasteiger charge is 2.29. The summed E-state index contributed by atoms with van der Waals surface area (Å²) in [6.07, 6.45) is -4.39. The van der Waals surface area contributed by atoms with Crippen molar-refractivity contribution in [1.82, 2.24) is 9.97 Å². The molecule has 2 N–H and O–H groups in total. The van der Waals surface area contributed by atoms with Crippen molar-refractivity contribution in [2.45, 2.75) is 13.1 Å². The molecule has 0 spiro atoms. The minimum atomic E-state index is -4.39. The number of nitrogens with one attached hydrogen (secondary N) is 2. The van der Waals surface area contributed by atoms with E-state index in [0.717, 1.165) is 23.3 Å². The summed E-state index contributed by atoms with van der Waals surface area (Å²) in [5.41, 5.74) is 1.56. The van der Waals surface area contributed by atoms with Gasteiger partial charge in [0.25, 0.3) is 5.56 Å². The minimum absolute atomic E-state index is 0.156. The zero-order valence-electron chi connectivity index (χ0n) is 13.2. The van der Waals surface area contributed by atoms with Crippen molar-refractivity contribution in [1.29, 1.82) is 0 Å². The third kappa shape index (κ3) is 4.06. The molecule has 0 radical (unpaired) electrons. The van der Waals surface area contributed by atoms with Crippen LogP contribution in [0.25, 0.3) is 11.3 Å². The van der Waals surface area contributed by atoms with Crippen LogP contribution in [0.2, 0.25) is 0 Å². The molecule has 0 aliphatic rings. The Morgan fingerprint density at radius 2 is 1.76 bits per heavy atom. The van der Waals surface area contributed by atoms with Crippen LogP contribution in [-0.2, 0) is 6.18 Å². The van der Waals surface area contributed by atoms with Gasteiger partial charge in [-0.1, -0.05) is 23.8 Å². The molecular weight excluding hydrogens is 331 g/mol. The normalized spacial score (nSPS) is 11.4. The molecule has 0 aliphatic carbocycles. The van der Waals surface area contributed by atoms with E-state index in [2.05, 4.69) is 15.3 Å². The molecule has 0 unspecified atom stereocenters. The Kier molecular flexibility index (Phi) is 4.31. The van der Waals surface area contributed by atoms with Gasteiger partial charge in [-0.2, -0.15) is 13.2 Å². The highest BCUT2D eigenvalue weighted by molar-refractivity contribution is 5.62. The summed E-state index contributed by atoms with van der Waals surface area (Å²) < 4.78 is 37.8. The van der Waals surface area contributed by atoms with Crippen LogP contribution >= 0.6 is 0 Å². The van der Waals surface area contributed by atoms with Crippen molar-refractivity contribution in [3.63, 3.8) is 0 Å². The van der Waals surface area contributed by atoms with Crippen LogP contribution in [0.15, 0.2) is 59.4 Å². The largest absolute Gasteiger partial charge is 0.416 e. The highest BCUT2D eigenvalue weighted by Crippen LogP contribution is 2.30. The van der Waals surface area contributed by atoms with Gasteiger partial charge in [0.1, 0.15) is 0 Å². The second kappa shape index (κ2) is 6.43. The summed E-state index contributed by atoms with van der Waals surface area (Å²) in [4.78, 5) is 18.7. The zero-order valence-corrected chi connectivity index (χ0v) is 13.2. The van der Waals surface area contributed by atoms with Crippen LogP contribution in [0.3, 0.4) is 0 Å². The van der Waals surface area contributed by atoms with E-state index in [1.807, 2.05) is 31.2 Å². The summed E-state index contributed by atoms with van der Waals surface area (Å²) in [5, 5.41) is 2.81. The number of aromatic nitrogens is 2. The van der Waals surface area contributed by atoms with Crippen LogP contribution in [-0.4, -0.2) is 9.97 Å². The molecule has 3 aromatic rings. The van der Waals surface area contributed by atoms with E-state index in [1.165, 1.54) is 18.2 Å². The minimum Gasteiger partial charge on any atom is -0.326 e. The van der Waals surface area contributed by atoms with E-state index < -0.39 is 11.7 Å². The van der Waals surface area contributed by atoms with E-state index in [4.69, 9.17) is 0 Å². The maximum atomic E-state index is 12.6. The fourth-order valence-electron chi connectivity index (χ4n) is 2.35. The van der Waals surface area contributed by atoms with Gasteiger partial charge in [-0.15, -0.1) is 0 Å². The number of aromatic amines is 1. The summed E-state index contributed by atoms with van der Waals surface area (Å²) in [7, 11) is 0. The number of nitrogens with zero attached hydrogens (tertiary/aromatic N) is 1. The van der Waals surface area contributed by atoms with Crippen molar-refractivity contribution in [3.8, 4) is 11.3 Å². The van der Waals surface area contributed by atoms with Gasteiger partial charge in [-0.3, -0.25) is 9.78 Å². The Hall–Kier alpha value is -3.09. The van der Waals surface area contributed by atoms with Gasteiger partial charge in [-0.05, 0) is 37.3 Å². The first-order chi connectivity index (χ1) is 11.8. The molecule has 0 bridgehead atoms. The van der Waals surface area contributed by atoms with Crippen LogP contribution in [0.5, 0.6) is 0 Å². The second-order valence-corrected chi connectivity index (χ2v) is 5.55. The number of rotatable bonds is 3. The van der Waals surface area contributed by atoms with Crippen LogP contribution in [0, 0.1) is 6.92 Å². The maximum absolute atomic E-state index is 12.6. The predicted octanol–water partition coefficient (Wildman–Crippen LogP) is 4.51. The van der Waals surface area contributed by atoms with E-state index >= 15 is 0 Å². The van der Waals surface area contributed by atoms with Crippen molar-refractivity contribution < 1.29 is 13.2 Å². The van der Waals surface area contributed by atoms with Gasteiger partial charge in [0.15, 0.2) is 0 Å². The molecule has 1 aromatic heterocycles. The summed E-state index contributed by atoms with van der Waals surface area (Å²) in [5.74, 6) is 0.156. The number of alkyl halides is 3. The number of anilines is 2. The zero-order chi connectivity index (χ0) is 18.0. The SMILES string of the molecule is Cc1cccc(-c2cc(=O)[nH]c(Nc3ccc(C(F)(F)F)cc3)n2)c1. The summed E-state index contributed by atoms with van der Waals surface area (Å²) in [6, 6.07) is 13.4. The Bertz CT molecular complexity index is 947. The lowest BCUT2D eigenvalue weighted by Gasteiger charge is -2.10. The molecule has 2 aromatic carbocycles. The number of hydrogen-bond acceptors (Lipinski definition) is 3. The molecule has 128 valence electrons. The molecule has 0 saturated carbocycles. The lowest BCUT2D eigenvalue weighted by atomic mass is 10.1. The first kappa shape index (κ1) is 16.8. The fraction of sp³-hybridized carbons (Fsp3) is 0.111. The van der Waals surface area contributed by atoms with Crippen molar-refractivity contribution >= 4 is 11.6 Å². The van der Waals surface area contributed by atoms with Gasteiger partial charge < -0.3 is 5.32 Å². The Morgan fingerprint density at radius 1 is 1.04 bits per heavy atom. The first-order valence-corrected chi connectivity index (χ1v) is 7.44. The molecule has 0 amide bonds. The predicted molar refractivity (Wildman–Crippen MR) is 89.8 cm³/mol. The van der Waals surface area contributed by atoms with E-state index in [9.17, 15) is 18.0 Å². The molecule has 7 heteroatoms. The Labute approximate surface area is 141 Å². The van der Waals surface area contributed by atoms with Gasteiger partial charge >= 0.3 is 6.18 Å². The number of halogens is 3. The Morgan fingerprint density at radius 3 is 2.40 bits per heavy atom. The van der Waals surface area contributed by atoms with E-state index in [0.29, 0.717) is 11.4 Å². The lowest BCUT2D eigenvalue weighted by Crippen LogP contribution is -2.11. The quantitative estimate of drug-likeness (QED) is 0.734. The molecular formula is C18H14F3N3O. The van der Waals surface area contributed by atoms with Crippen molar-refractivity contribution in [2.24, 2.45) is 0 Å². The third-order valence-electron chi connectivity index (χ3n) is 3.53. The summed E-state index contributed by atoms with van der Waals surface area (Å²) in [6.45, 7) is 1.93. The molecule has 0 atom stereocenters. The topological polar surface area (TPSA) is 57.8 Å². The standard InChI is InChI=1S/C18H14F3N3O/c1-11-3-2-4-12(9-11)15-10-16(25)24-17(23-15)22-14-7-5-13(6-8-14)18(19,20)21/h2-10H,1H3,(H2,22,23,24,25). The monoisotopic (exact) mass is 345 g/mol. The Balaban J connectivity index is 1.89. The smallest absolute Gasteiger partial charge is 0.326 e. The number of H-pyrrole nitrogens is 1. The maximum Gasteiger partial charge on any atom is 0.416 e. The number of benzene rings is 2. The van der Waals surface area contributed by atoms with Gasteiger partial charge in [0, 0.05) is 17.3 Å². The van der Waals surface area contributed by atoms with Crippen LogP contribution in [0.4, 0.5) is 24.8 Å². The molecule has 0 fully saturated rings. The van der Waals surface area contributed by atoms with Crippen LogP contribution in [0.1, 0.15) is 11.1 Å². The molecule has 4 nitrogen and oxygen atoms in total. The highest BCUT2D eigenvalue weighted by atomic mass is 19.4.